The van der Waals surface area contributed by atoms with Gasteiger partial charge in [-0.2, -0.15) is 5.10 Å². The minimum atomic E-state index is -0.373. The lowest BCUT2D eigenvalue weighted by molar-refractivity contribution is 0.174. The van der Waals surface area contributed by atoms with Crippen molar-refractivity contribution in [3.8, 4) is 40.0 Å². The minimum absolute atomic E-state index is 0.176. The average Bonchev–Trinajstić information content (AvgIpc) is 3.32. The van der Waals surface area contributed by atoms with Crippen LogP contribution in [0.1, 0.15) is 6.92 Å². The molecule has 0 atom stereocenters. The summed E-state index contributed by atoms with van der Waals surface area (Å²) in [5.41, 5.74) is 8.60. The number of rotatable bonds is 4. The molecule has 0 aliphatic carbocycles. The normalized spacial score (nSPS) is 12.5. The number of anilines is 1. The summed E-state index contributed by atoms with van der Waals surface area (Å²) < 4.78 is 18.1. The van der Waals surface area contributed by atoms with Gasteiger partial charge in [-0.3, -0.25) is 9.48 Å². The molecule has 10 nitrogen and oxygen atoms in total. The van der Waals surface area contributed by atoms with E-state index in [0.29, 0.717) is 52.3 Å². The summed E-state index contributed by atoms with van der Waals surface area (Å²) in [5.74, 6) is 1.93. The van der Waals surface area contributed by atoms with E-state index in [-0.39, 0.29) is 17.9 Å². The number of nitrogens with two attached hydrogens (primary N) is 1. The van der Waals surface area contributed by atoms with E-state index in [1.165, 1.54) is 6.20 Å². The zero-order valence-corrected chi connectivity index (χ0v) is 16.3. The number of fused-ring (bicyclic) bond motifs is 2. The van der Waals surface area contributed by atoms with Crippen molar-refractivity contribution in [2.45, 2.75) is 6.92 Å². The van der Waals surface area contributed by atoms with Gasteiger partial charge in [-0.05, 0) is 31.2 Å². The highest BCUT2D eigenvalue weighted by Crippen LogP contribution is 2.37. The monoisotopic (exact) mass is 406 g/mol. The van der Waals surface area contributed by atoms with Crippen molar-refractivity contribution in [3.63, 3.8) is 0 Å². The Labute approximate surface area is 170 Å². The number of aryl methyl sites for hydroxylation is 1. The van der Waals surface area contributed by atoms with Gasteiger partial charge in [0.2, 0.25) is 12.7 Å². The van der Waals surface area contributed by atoms with Crippen molar-refractivity contribution >= 4 is 16.7 Å². The molecular weight excluding hydrogens is 388 g/mol. The largest absolute Gasteiger partial charge is 0.477 e. The summed E-state index contributed by atoms with van der Waals surface area (Å²) >= 11 is 0. The fraction of sp³-hybridized carbons (Fsp3) is 0.200. The Morgan fingerprint density at radius 1 is 1.23 bits per heavy atom. The fourth-order valence-electron chi connectivity index (χ4n) is 3.46. The number of nitrogens with zero attached hydrogens (tertiary/aromatic N) is 4. The summed E-state index contributed by atoms with van der Waals surface area (Å²) in [6, 6.07) is 7.20. The number of H-pyrrole nitrogens is 1. The molecule has 4 aromatic rings. The lowest BCUT2D eigenvalue weighted by atomic mass is 10.1. The highest BCUT2D eigenvalue weighted by atomic mass is 16.7. The average molecular weight is 406 g/mol. The van der Waals surface area contributed by atoms with Gasteiger partial charge in [-0.1, -0.05) is 0 Å². The molecule has 3 aromatic heterocycles. The highest BCUT2D eigenvalue weighted by Gasteiger charge is 2.21. The first kappa shape index (κ1) is 18.0. The molecule has 0 saturated heterocycles. The predicted molar refractivity (Wildman–Crippen MR) is 110 cm³/mol. The van der Waals surface area contributed by atoms with Crippen LogP contribution < -0.4 is 25.5 Å². The number of hydrogen-bond acceptors (Lipinski definition) is 8. The van der Waals surface area contributed by atoms with Crippen LogP contribution in [-0.4, -0.2) is 38.1 Å². The van der Waals surface area contributed by atoms with Crippen molar-refractivity contribution in [1.82, 2.24) is 24.7 Å². The van der Waals surface area contributed by atoms with Crippen LogP contribution in [0.15, 0.2) is 35.3 Å². The molecule has 0 spiro atoms. The molecule has 0 saturated carbocycles. The molecule has 10 heteroatoms. The van der Waals surface area contributed by atoms with Crippen molar-refractivity contribution in [2.24, 2.45) is 7.05 Å². The molecule has 0 fully saturated rings. The van der Waals surface area contributed by atoms with Gasteiger partial charge in [-0.15, -0.1) is 0 Å². The lowest BCUT2D eigenvalue weighted by Gasteiger charge is -2.09. The van der Waals surface area contributed by atoms with Gasteiger partial charge in [0.1, 0.15) is 11.3 Å². The number of pyridine rings is 1. The lowest BCUT2D eigenvalue weighted by Crippen LogP contribution is -2.11. The number of nitrogens with one attached hydrogen (secondary N) is 1. The molecule has 1 aromatic carbocycles. The van der Waals surface area contributed by atoms with E-state index in [1.807, 2.05) is 25.1 Å². The number of benzene rings is 1. The number of nitrogen functional groups attached to an aromatic ring is 1. The maximum absolute atomic E-state index is 12.8. The Morgan fingerprint density at radius 3 is 2.90 bits per heavy atom. The van der Waals surface area contributed by atoms with E-state index in [0.717, 1.165) is 5.56 Å². The molecule has 0 radical (unpaired) electrons. The van der Waals surface area contributed by atoms with E-state index in [9.17, 15) is 4.79 Å². The van der Waals surface area contributed by atoms with Crippen LogP contribution in [0, 0.1) is 0 Å². The first-order chi connectivity index (χ1) is 14.5. The summed E-state index contributed by atoms with van der Waals surface area (Å²) in [6.45, 7) is 2.43. The molecule has 0 amide bonds. The minimum Gasteiger partial charge on any atom is -0.477 e. The van der Waals surface area contributed by atoms with Crippen molar-refractivity contribution in [3.05, 3.63) is 40.8 Å². The van der Waals surface area contributed by atoms with Crippen LogP contribution in [0.5, 0.6) is 17.4 Å². The van der Waals surface area contributed by atoms with Gasteiger partial charge >= 0.3 is 0 Å². The SMILES string of the molecule is CCOc1ncc(N)cc1-c1nc2c(-c3ccc4c(c3)OCO4)n(C)nc2c(=O)[nH]1. The van der Waals surface area contributed by atoms with Gasteiger partial charge < -0.3 is 24.9 Å². The molecule has 1 aliphatic rings. The Morgan fingerprint density at radius 2 is 2.07 bits per heavy atom. The zero-order valence-electron chi connectivity index (χ0n) is 16.3. The van der Waals surface area contributed by atoms with Gasteiger partial charge in [0, 0.05) is 12.6 Å². The second kappa shape index (κ2) is 6.76. The van der Waals surface area contributed by atoms with E-state index in [2.05, 4.69) is 15.1 Å². The van der Waals surface area contributed by atoms with Crippen LogP contribution in [-0.2, 0) is 7.05 Å². The van der Waals surface area contributed by atoms with Crippen LogP contribution in [0.3, 0.4) is 0 Å². The summed E-state index contributed by atoms with van der Waals surface area (Å²) in [6.07, 6.45) is 1.49. The van der Waals surface area contributed by atoms with Crippen LogP contribution >= 0.6 is 0 Å². The first-order valence-electron chi connectivity index (χ1n) is 9.31. The Balaban J connectivity index is 1.74. The number of aromatic amines is 1. The summed E-state index contributed by atoms with van der Waals surface area (Å²) in [5, 5.41) is 4.36. The molecule has 152 valence electrons. The summed E-state index contributed by atoms with van der Waals surface area (Å²) in [7, 11) is 1.76. The summed E-state index contributed by atoms with van der Waals surface area (Å²) in [4.78, 5) is 24.5. The topological polar surface area (TPSA) is 130 Å². The molecule has 1 aliphatic heterocycles. The van der Waals surface area contributed by atoms with Crippen molar-refractivity contribution < 1.29 is 14.2 Å². The van der Waals surface area contributed by atoms with Crippen LogP contribution in [0.2, 0.25) is 0 Å². The maximum atomic E-state index is 12.8. The van der Waals surface area contributed by atoms with E-state index >= 15 is 0 Å². The second-order valence-corrected chi connectivity index (χ2v) is 6.71. The van der Waals surface area contributed by atoms with Gasteiger partial charge in [0.05, 0.1) is 29.7 Å². The quantitative estimate of drug-likeness (QED) is 0.527. The maximum Gasteiger partial charge on any atom is 0.279 e. The van der Waals surface area contributed by atoms with Gasteiger partial charge in [-0.25, -0.2) is 9.97 Å². The van der Waals surface area contributed by atoms with Crippen molar-refractivity contribution in [1.29, 1.82) is 0 Å². The molecule has 0 bridgehead atoms. The second-order valence-electron chi connectivity index (χ2n) is 6.71. The number of aromatic nitrogens is 5. The van der Waals surface area contributed by atoms with E-state index < -0.39 is 0 Å². The zero-order chi connectivity index (χ0) is 20.8. The third kappa shape index (κ3) is 2.81. The molecule has 5 rings (SSSR count). The molecular formula is C20H18N6O4. The van der Waals surface area contributed by atoms with E-state index in [1.54, 1.807) is 17.8 Å². The van der Waals surface area contributed by atoms with E-state index in [4.69, 9.17) is 24.9 Å². The Bertz CT molecular complexity index is 1340. The Hall–Kier alpha value is -4.08. The molecule has 3 N–H and O–H groups in total. The fourth-order valence-corrected chi connectivity index (χ4v) is 3.46. The molecule has 30 heavy (non-hydrogen) atoms. The predicted octanol–water partition coefficient (Wildman–Crippen LogP) is 2.10. The van der Waals surface area contributed by atoms with Crippen LogP contribution in [0.4, 0.5) is 5.69 Å². The molecule has 4 heterocycles. The molecule has 0 unspecified atom stereocenters. The van der Waals surface area contributed by atoms with Crippen LogP contribution in [0.25, 0.3) is 33.7 Å². The van der Waals surface area contributed by atoms with Gasteiger partial charge in [0.15, 0.2) is 17.0 Å². The number of ether oxygens (including phenoxy) is 3. The van der Waals surface area contributed by atoms with Crippen molar-refractivity contribution in [2.75, 3.05) is 19.1 Å². The smallest absolute Gasteiger partial charge is 0.279 e. The first-order valence-corrected chi connectivity index (χ1v) is 9.31. The third-order valence-electron chi connectivity index (χ3n) is 4.75. The third-order valence-corrected chi connectivity index (χ3v) is 4.75. The standard InChI is InChI=1S/C20H18N6O4/c1-3-28-20-12(7-11(21)8-22-20)18-23-15-16(19(27)24-18)25-26(2)17(15)10-4-5-13-14(6-10)30-9-29-13/h4-8H,3,9,21H2,1-2H3,(H,23,24,27). The highest BCUT2D eigenvalue weighted by molar-refractivity contribution is 5.91. The van der Waals surface area contributed by atoms with Gasteiger partial charge in [0.25, 0.3) is 5.56 Å². The number of hydrogen-bond donors (Lipinski definition) is 2. The Kier molecular flexibility index (Phi) is 4.05.